The SMILES string of the molecule is CC(C)CNCCCc1cn(Cc2ccccc2)c2ccccc12. The van der Waals surface area contributed by atoms with Crippen molar-refractivity contribution in [3.05, 3.63) is 71.9 Å². The summed E-state index contributed by atoms with van der Waals surface area (Å²) in [6, 6.07) is 19.5. The second-order valence-corrected chi connectivity index (χ2v) is 6.99. The average molecular weight is 320 g/mol. The Kier molecular flexibility index (Phi) is 5.71. The van der Waals surface area contributed by atoms with Crippen molar-refractivity contribution in [1.82, 2.24) is 9.88 Å². The summed E-state index contributed by atoms with van der Waals surface area (Å²) in [5, 5.41) is 4.94. The highest BCUT2D eigenvalue weighted by molar-refractivity contribution is 5.84. The summed E-state index contributed by atoms with van der Waals surface area (Å²) in [6.45, 7) is 7.65. The smallest absolute Gasteiger partial charge is 0.0486 e. The molecule has 0 unspecified atom stereocenters. The van der Waals surface area contributed by atoms with Gasteiger partial charge in [-0.15, -0.1) is 0 Å². The van der Waals surface area contributed by atoms with E-state index in [0.29, 0.717) is 0 Å². The molecule has 1 aromatic heterocycles. The molecule has 3 aromatic rings. The topological polar surface area (TPSA) is 17.0 Å². The summed E-state index contributed by atoms with van der Waals surface area (Å²) in [4.78, 5) is 0. The lowest BCUT2D eigenvalue weighted by Gasteiger charge is -2.06. The molecule has 0 aliphatic carbocycles. The molecule has 0 saturated heterocycles. The van der Waals surface area contributed by atoms with E-state index in [9.17, 15) is 0 Å². The zero-order valence-electron chi connectivity index (χ0n) is 14.8. The van der Waals surface area contributed by atoms with Crippen LogP contribution in [0.3, 0.4) is 0 Å². The first kappa shape index (κ1) is 16.8. The second kappa shape index (κ2) is 8.16. The Balaban J connectivity index is 1.72. The molecule has 0 aliphatic rings. The van der Waals surface area contributed by atoms with Gasteiger partial charge in [0.25, 0.3) is 0 Å². The van der Waals surface area contributed by atoms with E-state index in [1.165, 1.54) is 28.5 Å². The van der Waals surface area contributed by atoms with Gasteiger partial charge in [0, 0.05) is 23.6 Å². The highest BCUT2D eigenvalue weighted by Gasteiger charge is 2.08. The molecule has 0 aliphatic heterocycles. The molecule has 0 fully saturated rings. The lowest BCUT2D eigenvalue weighted by Crippen LogP contribution is -2.21. The number of rotatable bonds is 8. The molecule has 0 radical (unpaired) electrons. The quantitative estimate of drug-likeness (QED) is 0.586. The van der Waals surface area contributed by atoms with Gasteiger partial charge in [0.2, 0.25) is 0 Å². The molecule has 2 aromatic carbocycles. The maximum Gasteiger partial charge on any atom is 0.0486 e. The van der Waals surface area contributed by atoms with Gasteiger partial charge < -0.3 is 9.88 Å². The van der Waals surface area contributed by atoms with Gasteiger partial charge in [0.15, 0.2) is 0 Å². The maximum atomic E-state index is 3.54. The van der Waals surface area contributed by atoms with Crippen molar-refractivity contribution in [2.45, 2.75) is 33.2 Å². The zero-order chi connectivity index (χ0) is 16.8. The highest BCUT2D eigenvalue weighted by atomic mass is 15.0. The van der Waals surface area contributed by atoms with Crippen molar-refractivity contribution in [2.24, 2.45) is 5.92 Å². The van der Waals surface area contributed by atoms with Gasteiger partial charge in [-0.1, -0.05) is 62.4 Å². The van der Waals surface area contributed by atoms with Gasteiger partial charge in [0.05, 0.1) is 0 Å². The normalized spacial score (nSPS) is 11.5. The van der Waals surface area contributed by atoms with Crippen LogP contribution in [0.5, 0.6) is 0 Å². The summed E-state index contributed by atoms with van der Waals surface area (Å²) >= 11 is 0. The van der Waals surface area contributed by atoms with Gasteiger partial charge in [-0.2, -0.15) is 0 Å². The number of hydrogen-bond acceptors (Lipinski definition) is 1. The second-order valence-electron chi connectivity index (χ2n) is 6.99. The van der Waals surface area contributed by atoms with Crippen molar-refractivity contribution >= 4 is 10.9 Å². The van der Waals surface area contributed by atoms with E-state index in [1.807, 2.05) is 0 Å². The molecule has 1 heterocycles. The highest BCUT2D eigenvalue weighted by Crippen LogP contribution is 2.23. The van der Waals surface area contributed by atoms with Crippen molar-refractivity contribution in [3.8, 4) is 0 Å². The molecule has 0 atom stereocenters. The van der Waals surface area contributed by atoms with Gasteiger partial charge in [-0.05, 0) is 49.0 Å². The van der Waals surface area contributed by atoms with Crippen LogP contribution < -0.4 is 5.32 Å². The molecule has 2 nitrogen and oxygen atoms in total. The first-order chi connectivity index (χ1) is 11.7. The first-order valence-corrected chi connectivity index (χ1v) is 9.05. The Hall–Kier alpha value is -2.06. The Labute approximate surface area is 145 Å². The fraction of sp³-hybridized carbons (Fsp3) is 0.364. The first-order valence-electron chi connectivity index (χ1n) is 9.05. The van der Waals surface area contributed by atoms with Crippen molar-refractivity contribution in [3.63, 3.8) is 0 Å². The maximum absolute atomic E-state index is 3.54. The van der Waals surface area contributed by atoms with E-state index in [2.05, 4.69) is 84.5 Å². The molecule has 0 spiro atoms. The molecule has 0 amide bonds. The minimum Gasteiger partial charge on any atom is -0.343 e. The van der Waals surface area contributed by atoms with Crippen LogP contribution in [0.4, 0.5) is 0 Å². The van der Waals surface area contributed by atoms with Crippen LogP contribution in [0.25, 0.3) is 10.9 Å². The van der Waals surface area contributed by atoms with Crippen molar-refractivity contribution in [2.75, 3.05) is 13.1 Å². The number of nitrogens with one attached hydrogen (secondary N) is 1. The summed E-state index contributed by atoms with van der Waals surface area (Å²) in [5.74, 6) is 0.720. The number of aryl methyl sites for hydroxylation is 1. The summed E-state index contributed by atoms with van der Waals surface area (Å²) < 4.78 is 2.39. The van der Waals surface area contributed by atoms with Crippen molar-refractivity contribution in [1.29, 1.82) is 0 Å². The lowest BCUT2D eigenvalue weighted by molar-refractivity contribution is 0.543. The van der Waals surface area contributed by atoms with E-state index in [4.69, 9.17) is 0 Å². The number of nitrogens with zero attached hydrogens (tertiary/aromatic N) is 1. The van der Waals surface area contributed by atoms with Gasteiger partial charge in [-0.25, -0.2) is 0 Å². The fourth-order valence-electron chi connectivity index (χ4n) is 3.23. The van der Waals surface area contributed by atoms with E-state index in [-0.39, 0.29) is 0 Å². The van der Waals surface area contributed by atoms with Crippen LogP contribution >= 0.6 is 0 Å². The molecule has 126 valence electrons. The lowest BCUT2D eigenvalue weighted by atomic mass is 10.1. The van der Waals surface area contributed by atoms with Crippen LogP contribution in [-0.4, -0.2) is 17.7 Å². The number of benzene rings is 2. The minimum atomic E-state index is 0.720. The van der Waals surface area contributed by atoms with Crippen LogP contribution in [0.2, 0.25) is 0 Å². The van der Waals surface area contributed by atoms with Crippen LogP contribution in [0.1, 0.15) is 31.4 Å². The Morgan fingerprint density at radius 1 is 0.958 bits per heavy atom. The molecule has 0 bridgehead atoms. The number of para-hydroxylation sites is 1. The molecular formula is C22H28N2. The van der Waals surface area contributed by atoms with E-state index < -0.39 is 0 Å². The summed E-state index contributed by atoms with van der Waals surface area (Å²) in [5.41, 5.74) is 4.16. The summed E-state index contributed by atoms with van der Waals surface area (Å²) in [7, 11) is 0. The minimum absolute atomic E-state index is 0.720. The van der Waals surface area contributed by atoms with Gasteiger partial charge >= 0.3 is 0 Å². The molecule has 3 rings (SSSR count). The standard InChI is InChI=1S/C22H28N2/c1-18(2)15-23-14-8-11-20-17-24(16-19-9-4-3-5-10-19)22-13-7-6-12-21(20)22/h3-7,9-10,12-13,17-18,23H,8,11,14-16H2,1-2H3. The summed E-state index contributed by atoms with van der Waals surface area (Å²) in [6.07, 6.45) is 4.67. The van der Waals surface area contributed by atoms with Gasteiger partial charge in [0.1, 0.15) is 0 Å². The molecule has 2 heteroatoms. The third-order valence-electron chi connectivity index (χ3n) is 4.42. The van der Waals surface area contributed by atoms with Crippen molar-refractivity contribution < 1.29 is 0 Å². The Morgan fingerprint density at radius 3 is 2.50 bits per heavy atom. The molecule has 1 N–H and O–H groups in total. The van der Waals surface area contributed by atoms with Crippen LogP contribution in [0, 0.1) is 5.92 Å². The monoisotopic (exact) mass is 320 g/mol. The fourth-order valence-corrected chi connectivity index (χ4v) is 3.23. The predicted octanol–water partition coefficient (Wildman–Crippen LogP) is 4.87. The molecule has 0 saturated carbocycles. The molecule has 24 heavy (non-hydrogen) atoms. The molecular weight excluding hydrogens is 292 g/mol. The Morgan fingerprint density at radius 2 is 1.71 bits per heavy atom. The average Bonchev–Trinajstić information content (AvgIpc) is 2.93. The predicted molar refractivity (Wildman–Crippen MR) is 104 cm³/mol. The van der Waals surface area contributed by atoms with E-state index in [1.54, 1.807) is 0 Å². The van der Waals surface area contributed by atoms with Crippen LogP contribution in [0.15, 0.2) is 60.8 Å². The number of aromatic nitrogens is 1. The van der Waals surface area contributed by atoms with Crippen LogP contribution in [-0.2, 0) is 13.0 Å². The number of hydrogen-bond donors (Lipinski definition) is 1. The number of fused-ring (bicyclic) bond motifs is 1. The Bertz CT molecular complexity index is 756. The van der Waals surface area contributed by atoms with Gasteiger partial charge in [-0.3, -0.25) is 0 Å². The van der Waals surface area contributed by atoms with E-state index in [0.717, 1.165) is 32.0 Å². The van der Waals surface area contributed by atoms with E-state index >= 15 is 0 Å². The third kappa shape index (κ3) is 4.27. The zero-order valence-corrected chi connectivity index (χ0v) is 14.8. The largest absolute Gasteiger partial charge is 0.343 e. The third-order valence-corrected chi connectivity index (χ3v) is 4.42.